The fourth-order valence-electron chi connectivity index (χ4n) is 3.07. The third kappa shape index (κ3) is 3.62. The Labute approximate surface area is 145 Å². The highest BCUT2D eigenvalue weighted by molar-refractivity contribution is 5.99. The molecule has 1 atom stereocenters. The van der Waals surface area contributed by atoms with Gasteiger partial charge in [-0.1, -0.05) is 31.1 Å². The second-order valence-electron chi connectivity index (χ2n) is 6.71. The molecule has 3 rings (SSSR count). The highest BCUT2D eigenvalue weighted by Gasteiger charge is 2.32. The van der Waals surface area contributed by atoms with Crippen LogP contribution in [0.4, 0.5) is 4.39 Å². The van der Waals surface area contributed by atoms with Crippen LogP contribution in [-0.2, 0) is 0 Å². The van der Waals surface area contributed by atoms with Crippen LogP contribution in [0.5, 0.6) is 0 Å². The number of benzene rings is 1. The summed E-state index contributed by atoms with van der Waals surface area (Å²) in [5.41, 5.74) is 0.808. The summed E-state index contributed by atoms with van der Waals surface area (Å²) in [5.74, 6) is -1.10. The van der Waals surface area contributed by atoms with Crippen molar-refractivity contribution in [2.45, 2.75) is 32.6 Å². The maximum absolute atomic E-state index is 13.9. The predicted molar refractivity (Wildman–Crippen MR) is 90.0 cm³/mol. The molecule has 1 aliphatic rings. The molecule has 0 N–H and O–H groups in total. The number of nitrogens with zero attached hydrogens (tertiary/aromatic N) is 2. The van der Waals surface area contributed by atoms with Crippen LogP contribution in [0.25, 0.3) is 0 Å². The van der Waals surface area contributed by atoms with E-state index < -0.39 is 11.7 Å². The molecule has 5 nitrogen and oxygen atoms in total. The van der Waals surface area contributed by atoms with Crippen LogP contribution in [0, 0.1) is 11.7 Å². The zero-order chi connectivity index (χ0) is 18.0. The molecule has 25 heavy (non-hydrogen) atoms. The molecular formula is C19H21FN2O3. The summed E-state index contributed by atoms with van der Waals surface area (Å²) in [7, 11) is 0. The van der Waals surface area contributed by atoms with Gasteiger partial charge in [-0.3, -0.25) is 9.59 Å². The molecular weight excluding hydrogens is 323 g/mol. The highest BCUT2D eigenvalue weighted by Crippen LogP contribution is 2.24. The van der Waals surface area contributed by atoms with E-state index >= 15 is 0 Å². The lowest BCUT2D eigenvalue weighted by molar-refractivity contribution is 0.0602. The Morgan fingerprint density at radius 2 is 2.08 bits per heavy atom. The molecule has 0 aliphatic carbocycles. The van der Waals surface area contributed by atoms with Gasteiger partial charge in [-0.15, -0.1) is 0 Å². The molecule has 1 aliphatic heterocycles. The molecule has 1 aromatic carbocycles. The van der Waals surface area contributed by atoms with Crippen LogP contribution >= 0.6 is 0 Å². The van der Waals surface area contributed by atoms with Crippen molar-refractivity contribution >= 4 is 11.7 Å². The second-order valence-corrected chi connectivity index (χ2v) is 6.71. The van der Waals surface area contributed by atoms with Gasteiger partial charge in [0.2, 0.25) is 5.76 Å². The number of rotatable bonds is 4. The second kappa shape index (κ2) is 7.17. The first-order valence-corrected chi connectivity index (χ1v) is 8.52. The monoisotopic (exact) mass is 344 g/mol. The van der Waals surface area contributed by atoms with Crippen LogP contribution in [0.3, 0.4) is 0 Å². The van der Waals surface area contributed by atoms with Crippen molar-refractivity contribution in [3.8, 4) is 0 Å². The predicted octanol–water partition coefficient (Wildman–Crippen LogP) is 3.67. The van der Waals surface area contributed by atoms with E-state index in [2.05, 4.69) is 5.16 Å². The number of hydrogen-bond acceptors (Lipinski definition) is 4. The zero-order valence-corrected chi connectivity index (χ0v) is 14.4. The van der Waals surface area contributed by atoms with Gasteiger partial charge >= 0.3 is 0 Å². The van der Waals surface area contributed by atoms with Gasteiger partial charge < -0.3 is 9.42 Å². The van der Waals surface area contributed by atoms with Crippen molar-refractivity contribution in [2.75, 3.05) is 13.1 Å². The number of piperidine rings is 1. The van der Waals surface area contributed by atoms with E-state index in [1.807, 2.05) is 13.8 Å². The Bertz CT molecular complexity index is 784. The van der Waals surface area contributed by atoms with Crippen molar-refractivity contribution in [3.63, 3.8) is 0 Å². The van der Waals surface area contributed by atoms with E-state index in [1.165, 1.54) is 12.1 Å². The maximum atomic E-state index is 13.9. The summed E-state index contributed by atoms with van der Waals surface area (Å²) in [4.78, 5) is 26.8. The van der Waals surface area contributed by atoms with E-state index in [4.69, 9.17) is 4.52 Å². The van der Waals surface area contributed by atoms with E-state index in [1.54, 1.807) is 23.1 Å². The number of likely N-dealkylation sites (tertiary alicyclic amines) is 1. The zero-order valence-electron chi connectivity index (χ0n) is 14.4. The maximum Gasteiger partial charge on any atom is 0.292 e. The van der Waals surface area contributed by atoms with Gasteiger partial charge in [-0.05, 0) is 30.9 Å². The molecule has 6 heteroatoms. The smallest absolute Gasteiger partial charge is 0.292 e. The number of carbonyl (C=O) groups excluding carboxylic acids is 2. The number of carbonyl (C=O) groups is 2. The van der Waals surface area contributed by atoms with E-state index in [0.29, 0.717) is 19.4 Å². The Hall–Kier alpha value is -2.50. The lowest BCUT2D eigenvalue weighted by Crippen LogP contribution is -2.42. The van der Waals surface area contributed by atoms with Crippen molar-refractivity contribution in [2.24, 2.45) is 5.92 Å². The van der Waals surface area contributed by atoms with E-state index in [9.17, 15) is 14.0 Å². The number of ketones is 1. The quantitative estimate of drug-likeness (QED) is 0.794. The molecule has 0 saturated carbocycles. The first kappa shape index (κ1) is 17.3. The summed E-state index contributed by atoms with van der Waals surface area (Å²) >= 11 is 0. The largest absolute Gasteiger partial charge is 0.351 e. The molecule has 0 radical (unpaired) electrons. The lowest BCUT2D eigenvalue weighted by Gasteiger charge is -2.31. The van der Waals surface area contributed by atoms with E-state index in [0.717, 1.165) is 5.69 Å². The fourth-order valence-corrected chi connectivity index (χ4v) is 3.07. The number of aromatic nitrogens is 1. The molecule has 0 bridgehead atoms. The average molecular weight is 344 g/mol. The van der Waals surface area contributed by atoms with Crippen LogP contribution in [0.2, 0.25) is 0 Å². The van der Waals surface area contributed by atoms with Crippen molar-refractivity contribution in [1.82, 2.24) is 10.1 Å². The SMILES string of the molecule is CC(C)c1cc(C(=O)N2CCC[C@H](C(=O)c3ccccc3F)C2)on1. The Morgan fingerprint density at radius 3 is 2.76 bits per heavy atom. The topological polar surface area (TPSA) is 63.4 Å². The fraction of sp³-hybridized carbons (Fsp3) is 0.421. The number of Topliss-reactive ketones (excluding diaryl/α,β-unsaturated/α-hetero) is 1. The van der Waals surface area contributed by atoms with Gasteiger partial charge in [0.15, 0.2) is 5.78 Å². The van der Waals surface area contributed by atoms with Gasteiger partial charge in [0, 0.05) is 25.1 Å². The lowest BCUT2D eigenvalue weighted by atomic mass is 9.89. The Kier molecular flexibility index (Phi) is 4.97. The molecule has 132 valence electrons. The van der Waals surface area contributed by atoms with Crippen molar-refractivity contribution in [1.29, 1.82) is 0 Å². The van der Waals surface area contributed by atoms with Crippen molar-refractivity contribution < 1.29 is 18.5 Å². The van der Waals surface area contributed by atoms with Gasteiger partial charge in [-0.2, -0.15) is 0 Å². The van der Waals surface area contributed by atoms with Gasteiger partial charge in [0.25, 0.3) is 5.91 Å². The molecule has 1 saturated heterocycles. The standard InChI is InChI=1S/C19H21FN2O3/c1-12(2)16-10-17(25-21-16)19(24)22-9-5-6-13(11-22)18(23)14-7-3-4-8-15(14)20/h3-4,7-8,10,12-13H,5-6,9,11H2,1-2H3/t13-/m0/s1. The summed E-state index contributed by atoms with van der Waals surface area (Å²) < 4.78 is 19.0. The summed E-state index contributed by atoms with van der Waals surface area (Å²) in [6.07, 6.45) is 1.34. The molecule has 1 amide bonds. The van der Waals surface area contributed by atoms with Gasteiger partial charge in [-0.25, -0.2) is 4.39 Å². The summed E-state index contributed by atoms with van der Waals surface area (Å²) in [6, 6.07) is 7.61. The first-order valence-electron chi connectivity index (χ1n) is 8.52. The molecule has 1 aromatic heterocycles. The molecule has 0 spiro atoms. The third-order valence-electron chi connectivity index (χ3n) is 4.55. The van der Waals surface area contributed by atoms with Gasteiger partial charge in [0.1, 0.15) is 5.82 Å². The molecule has 2 heterocycles. The Balaban J connectivity index is 1.73. The average Bonchev–Trinajstić information content (AvgIpc) is 3.11. The number of halogens is 1. The normalized spacial score (nSPS) is 17.8. The van der Waals surface area contributed by atoms with Crippen LogP contribution in [0.1, 0.15) is 59.2 Å². The highest BCUT2D eigenvalue weighted by atomic mass is 19.1. The number of hydrogen-bond donors (Lipinski definition) is 0. The number of amides is 1. The summed E-state index contributed by atoms with van der Waals surface area (Å²) in [6.45, 7) is 4.76. The van der Waals surface area contributed by atoms with Gasteiger partial charge in [0.05, 0.1) is 11.3 Å². The minimum Gasteiger partial charge on any atom is -0.351 e. The van der Waals surface area contributed by atoms with Crippen LogP contribution in [0.15, 0.2) is 34.9 Å². The minimum absolute atomic E-state index is 0.0866. The molecule has 0 unspecified atom stereocenters. The van der Waals surface area contributed by atoms with Crippen molar-refractivity contribution in [3.05, 3.63) is 53.2 Å². The summed E-state index contributed by atoms with van der Waals surface area (Å²) in [5, 5.41) is 3.91. The van der Waals surface area contributed by atoms with E-state index in [-0.39, 0.29) is 35.5 Å². The third-order valence-corrected chi connectivity index (χ3v) is 4.55. The molecule has 2 aromatic rings. The Morgan fingerprint density at radius 1 is 1.32 bits per heavy atom. The first-order chi connectivity index (χ1) is 12.0. The van der Waals surface area contributed by atoms with Crippen LogP contribution in [-0.4, -0.2) is 34.8 Å². The molecule has 1 fully saturated rings. The van der Waals surface area contributed by atoms with Crippen LogP contribution < -0.4 is 0 Å². The minimum atomic E-state index is -0.521.